The molecule has 0 rings (SSSR count). The standard InChI is InChI=1S/ClH2O3P.2Li/c1-5(2,3)4;;/h(H2,2,3,4);;/q;2*+1/p-2. The SMILES string of the molecule is O=P([O-])([O-])Cl.[Li+].[Li+]. The molecule has 0 radical (unpaired) electrons. The zero-order valence-corrected chi connectivity index (χ0v) is 5.70. The molecule has 0 spiro atoms. The van der Waals surface area contributed by atoms with Crippen LogP contribution in [0.2, 0.25) is 0 Å². The van der Waals surface area contributed by atoms with Gasteiger partial charge in [0, 0.05) is 6.95 Å². The van der Waals surface area contributed by atoms with Crippen LogP contribution in [0.15, 0.2) is 0 Å². The molecule has 0 N–H and O–H groups in total. The van der Waals surface area contributed by atoms with Gasteiger partial charge in [-0.2, -0.15) is 0 Å². The summed E-state index contributed by atoms with van der Waals surface area (Å²) in [5.74, 6) is 0. The second kappa shape index (κ2) is 5.77. The molecule has 0 aliphatic carbocycles. The van der Waals surface area contributed by atoms with E-state index in [1.165, 1.54) is 0 Å². The fraction of sp³-hybridized carbons (Fsp3) is 0. The first-order valence-electron chi connectivity index (χ1n) is 0.717. The molecule has 0 aromatic rings. The number of hydrogen-bond donors (Lipinski definition) is 0. The van der Waals surface area contributed by atoms with Crippen molar-refractivity contribution in [1.82, 2.24) is 0 Å². The molecule has 7 heavy (non-hydrogen) atoms. The van der Waals surface area contributed by atoms with Crippen molar-refractivity contribution in [1.29, 1.82) is 0 Å². The summed E-state index contributed by atoms with van der Waals surface area (Å²) in [6, 6.07) is 0. The average Bonchev–Trinajstić information content (AvgIpc) is 0.722. The van der Waals surface area contributed by atoms with E-state index in [0.717, 1.165) is 0 Å². The summed E-state index contributed by atoms with van der Waals surface area (Å²) in [4.78, 5) is 17.7. The van der Waals surface area contributed by atoms with Crippen LogP contribution in [0.4, 0.5) is 0 Å². The van der Waals surface area contributed by atoms with Crippen LogP contribution < -0.4 is 47.5 Å². The minimum absolute atomic E-state index is 0. The first kappa shape index (κ1) is 15.9. The molecule has 0 aliphatic rings. The van der Waals surface area contributed by atoms with Crippen molar-refractivity contribution in [2.75, 3.05) is 0 Å². The smallest absolute Gasteiger partial charge is 0.799 e. The minimum atomic E-state index is -4.67. The molecule has 7 heteroatoms. The van der Waals surface area contributed by atoms with Gasteiger partial charge in [-0.3, -0.25) is 0 Å². The third-order valence-corrected chi connectivity index (χ3v) is 0. The van der Waals surface area contributed by atoms with Crippen LogP contribution in [0.1, 0.15) is 0 Å². The van der Waals surface area contributed by atoms with E-state index in [1.54, 1.807) is 0 Å². The summed E-state index contributed by atoms with van der Waals surface area (Å²) in [5.41, 5.74) is 0. The number of halogens is 1. The normalized spacial score (nSPS) is 8.43. The Morgan fingerprint density at radius 1 is 1.29 bits per heavy atom. The Kier molecular flexibility index (Phi) is 13.1. The Balaban J connectivity index is -0.0000000800. The van der Waals surface area contributed by atoms with Gasteiger partial charge in [0.15, 0.2) is 0 Å². The van der Waals surface area contributed by atoms with Gasteiger partial charge in [0.2, 0.25) is 0 Å². The molecule has 0 atom stereocenters. The number of hydrogen-bond acceptors (Lipinski definition) is 3. The quantitative estimate of drug-likeness (QED) is 0.241. The predicted octanol–water partition coefficient (Wildman–Crippen LogP) is -6.94. The molecule has 32 valence electrons. The van der Waals surface area contributed by atoms with E-state index in [4.69, 9.17) is 14.4 Å². The Hall–Kier alpha value is 1.63. The second-order valence-corrected chi connectivity index (χ2v) is 2.53. The topological polar surface area (TPSA) is 63.2 Å². The maximum absolute atomic E-state index is 8.87. The largest absolute Gasteiger partial charge is 1.00 e. The van der Waals surface area contributed by atoms with Crippen LogP contribution in [-0.4, -0.2) is 0 Å². The molecular formula is ClLi2O3P. The molecule has 0 aromatic carbocycles. The first-order chi connectivity index (χ1) is 2.00. The van der Waals surface area contributed by atoms with E-state index in [0.29, 0.717) is 0 Å². The molecule has 0 fully saturated rings. The van der Waals surface area contributed by atoms with Crippen LogP contribution in [-0.2, 0) is 4.57 Å². The molecule has 0 amide bonds. The molecule has 0 unspecified atom stereocenters. The van der Waals surface area contributed by atoms with Crippen molar-refractivity contribution in [3.63, 3.8) is 0 Å². The summed E-state index contributed by atoms with van der Waals surface area (Å²) >= 11 is 3.97. The van der Waals surface area contributed by atoms with Gasteiger partial charge >= 0.3 is 37.7 Å². The maximum atomic E-state index is 8.87. The van der Waals surface area contributed by atoms with Crippen LogP contribution >= 0.6 is 18.2 Å². The summed E-state index contributed by atoms with van der Waals surface area (Å²) < 4.78 is 8.87. The van der Waals surface area contributed by atoms with Crippen molar-refractivity contribution in [2.45, 2.75) is 0 Å². The zero-order valence-electron chi connectivity index (χ0n) is 4.05. The van der Waals surface area contributed by atoms with Crippen LogP contribution in [0.5, 0.6) is 0 Å². The molecule has 0 aromatic heterocycles. The summed E-state index contributed by atoms with van der Waals surface area (Å²) in [7, 11) is 0. The first-order valence-corrected chi connectivity index (χ1v) is 3.16. The van der Waals surface area contributed by atoms with Gasteiger partial charge in [-0.05, 0) is 0 Å². The van der Waals surface area contributed by atoms with Gasteiger partial charge in [-0.15, -0.1) is 0 Å². The Bertz CT molecular complexity index is 59.1. The van der Waals surface area contributed by atoms with E-state index in [-0.39, 0.29) is 37.7 Å². The zero-order chi connectivity index (χ0) is 4.50. The van der Waals surface area contributed by atoms with E-state index in [2.05, 4.69) is 11.2 Å². The molecular weight excluding hydrogens is 128 g/mol. The summed E-state index contributed by atoms with van der Waals surface area (Å²) in [6.45, 7) is -4.67. The van der Waals surface area contributed by atoms with E-state index in [9.17, 15) is 0 Å². The van der Waals surface area contributed by atoms with E-state index >= 15 is 0 Å². The summed E-state index contributed by atoms with van der Waals surface area (Å²) in [5, 5.41) is 0. The van der Waals surface area contributed by atoms with Crippen molar-refractivity contribution in [3.05, 3.63) is 0 Å². The van der Waals surface area contributed by atoms with Crippen LogP contribution in [0.3, 0.4) is 0 Å². The van der Waals surface area contributed by atoms with E-state index < -0.39 is 6.95 Å². The van der Waals surface area contributed by atoms with Gasteiger partial charge in [-0.25, -0.2) is 0 Å². The number of rotatable bonds is 0. The Labute approximate surface area is 70.1 Å². The van der Waals surface area contributed by atoms with E-state index in [1.807, 2.05) is 0 Å². The van der Waals surface area contributed by atoms with Crippen molar-refractivity contribution < 1.29 is 52.1 Å². The van der Waals surface area contributed by atoms with Crippen molar-refractivity contribution >= 4 is 18.2 Å². The molecule has 0 saturated heterocycles. The molecule has 0 saturated carbocycles. The fourth-order valence-corrected chi connectivity index (χ4v) is 0. The maximum Gasteiger partial charge on any atom is 1.00 e. The third-order valence-electron chi connectivity index (χ3n) is 0. The molecule has 0 aliphatic heterocycles. The predicted molar refractivity (Wildman–Crippen MR) is 13.5 cm³/mol. The minimum Gasteiger partial charge on any atom is -0.799 e. The van der Waals surface area contributed by atoms with Crippen LogP contribution in [0.25, 0.3) is 0 Å². The monoisotopic (exact) mass is 128 g/mol. The third kappa shape index (κ3) is 90.7. The molecule has 0 heterocycles. The van der Waals surface area contributed by atoms with Crippen molar-refractivity contribution in [2.24, 2.45) is 0 Å². The average molecular weight is 128 g/mol. The van der Waals surface area contributed by atoms with Gasteiger partial charge < -0.3 is 14.4 Å². The Morgan fingerprint density at radius 3 is 1.29 bits per heavy atom. The van der Waals surface area contributed by atoms with Crippen LogP contribution in [0, 0.1) is 0 Å². The fourth-order valence-electron chi connectivity index (χ4n) is 0. The van der Waals surface area contributed by atoms with Gasteiger partial charge in [0.1, 0.15) is 0 Å². The van der Waals surface area contributed by atoms with Gasteiger partial charge in [0.25, 0.3) is 0 Å². The van der Waals surface area contributed by atoms with Crippen molar-refractivity contribution in [3.8, 4) is 0 Å². The molecule has 3 nitrogen and oxygen atoms in total. The molecule has 0 bridgehead atoms. The second-order valence-electron chi connectivity index (χ2n) is 0.431. The Morgan fingerprint density at radius 2 is 1.29 bits per heavy atom. The van der Waals surface area contributed by atoms with Gasteiger partial charge in [-0.1, -0.05) is 11.2 Å². The summed E-state index contributed by atoms with van der Waals surface area (Å²) in [6.07, 6.45) is 0. The van der Waals surface area contributed by atoms with Gasteiger partial charge in [0.05, 0.1) is 0 Å².